The van der Waals surface area contributed by atoms with E-state index in [1.807, 2.05) is 31.4 Å². The largest absolute Gasteiger partial charge is 0.401 e. The summed E-state index contributed by atoms with van der Waals surface area (Å²) in [5.74, 6) is 0. The molecule has 1 aromatic heterocycles. The van der Waals surface area contributed by atoms with Gasteiger partial charge in [0.2, 0.25) is 0 Å². The van der Waals surface area contributed by atoms with Crippen molar-refractivity contribution in [2.24, 2.45) is 0 Å². The van der Waals surface area contributed by atoms with Gasteiger partial charge in [-0.3, -0.25) is 4.90 Å². The number of alkyl halides is 3. The van der Waals surface area contributed by atoms with Crippen molar-refractivity contribution in [2.45, 2.75) is 32.6 Å². The van der Waals surface area contributed by atoms with Gasteiger partial charge in [0.25, 0.3) is 0 Å². The molecule has 104 valence electrons. The molecular formula is C12H19F3N2S. The van der Waals surface area contributed by atoms with Crippen molar-refractivity contribution in [1.82, 2.24) is 10.2 Å². The molecule has 0 amide bonds. The van der Waals surface area contributed by atoms with Gasteiger partial charge in [0.1, 0.15) is 0 Å². The lowest BCUT2D eigenvalue weighted by Gasteiger charge is -2.27. The van der Waals surface area contributed by atoms with Crippen molar-refractivity contribution in [1.29, 1.82) is 0 Å². The van der Waals surface area contributed by atoms with Gasteiger partial charge < -0.3 is 5.32 Å². The Morgan fingerprint density at radius 1 is 1.44 bits per heavy atom. The van der Waals surface area contributed by atoms with Crippen molar-refractivity contribution in [3.05, 3.63) is 22.4 Å². The first-order valence-corrected chi connectivity index (χ1v) is 6.84. The molecule has 0 bridgehead atoms. The zero-order valence-electron chi connectivity index (χ0n) is 10.6. The van der Waals surface area contributed by atoms with E-state index >= 15 is 0 Å². The molecular weight excluding hydrogens is 261 g/mol. The van der Waals surface area contributed by atoms with Crippen LogP contribution < -0.4 is 5.32 Å². The van der Waals surface area contributed by atoms with E-state index in [1.54, 1.807) is 11.3 Å². The Balaban J connectivity index is 2.35. The average molecular weight is 280 g/mol. The van der Waals surface area contributed by atoms with Gasteiger partial charge in [-0.25, -0.2) is 0 Å². The number of thiophene rings is 1. The molecule has 1 aromatic rings. The van der Waals surface area contributed by atoms with Gasteiger partial charge in [-0.2, -0.15) is 13.2 Å². The summed E-state index contributed by atoms with van der Waals surface area (Å²) in [5.41, 5.74) is 0. The number of rotatable bonds is 7. The predicted molar refractivity (Wildman–Crippen MR) is 68.8 cm³/mol. The standard InChI is InChI=1S/C12H19F3N2S/c1-3-17(8-11-5-4-6-18-11)10(2)7-16-9-12(13,14)15/h4-6,10,16H,3,7-9H2,1-2H3. The third kappa shape index (κ3) is 5.84. The summed E-state index contributed by atoms with van der Waals surface area (Å²) in [6.07, 6.45) is -4.13. The highest BCUT2D eigenvalue weighted by atomic mass is 32.1. The topological polar surface area (TPSA) is 15.3 Å². The molecule has 0 aliphatic heterocycles. The zero-order chi connectivity index (χ0) is 13.6. The van der Waals surface area contributed by atoms with Crippen LogP contribution in [0.1, 0.15) is 18.7 Å². The second kappa shape index (κ2) is 7.11. The summed E-state index contributed by atoms with van der Waals surface area (Å²) in [5, 5.41) is 4.47. The molecule has 18 heavy (non-hydrogen) atoms. The maximum atomic E-state index is 12.0. The molecule has 1 unspecified atom stereocenters. The normalized spacial score (nSPS) is 14.1. The molecule has 0 saturated carbocycles. The minimum absolute atomic E-state index is 0.0828. The number of halogens is 3. The Morgan fingerprint density at radius 3 is 2.67 bits per heavy atom. The highest BCUT2D eigenvalue weighted by Crippen LogP contribution is 2.14. The van der Waals surface area contributed by atoms with Crippen molar-refractivity contribution in [3.8, 4) is 0 Å². The van der Waals surface area contributed by atoms with E-state index in [2.05, 4.69) is 10.2 Å². The fourth-order valence-corrected chi connectivity index (χ4v) is 2.46. The quantitative estimate of drug-likeness (QED) is 0.825. The first kappa shape index (κ1) is 15.5. The van der Waals surface area contributed by atoms with Crippen LogP contribution in [0.25, 0.3) is 0 Å². The Morgan fingerprint density at radius 2 is 2.17 bits per heavy atom. The number of hydrogen-bond acceptors (Lipinski definition) is 3. The zero-order valence-corrected chi connectivity index (χ0v) is 11.4. The molecule has 2 nitrogen and oxygen atoms in total. The number of nitrogens with zero attached hydrogens (tertiary/aromatic N) is 1. The highest BCUT2D eigenvalue weighted by Gasteiger charge is 2.26. The molecule has 0 fully saturated rings. The number of nitrogens with one attached hydrogen (secondary N) is 1. The summed E-state index contributed by atoms with van der Waals surface area (Å²) >= 11 is 1.67. The van der Waals surface area contributed by atoms with Crippen LogP contribution in [0.3, 0.4) is 0 Å². The van der Waals surface area contributed by atoms with Crippen LogP contribution in [-0.2, 0) is 6.54 Å². The average Bonchev–Trinajstić information content (AvgIpc) is 2.76. The SMILES string of the molecule is CCN(Cc1cccs1)C(C)CNCC(F)(F)F. The monoisotopic (exact) mass is 280 g/mol. The first-order chi connectivity index (χ1) is 8.42. The van der Waals surface area contributed by atoms with Crippen molar-refractivity contribution in [3.63, 3.8) is 0 Å². The minimum Gasteiger partial charge on any atom is -0.307 e. The van der Waals surface area contributed by atoms with Crippen LogP contribution in [0.4, 0.5) is 13.2 Å². The van der Waals surface area contributed by atoms with Crippen molar-refractivity contribution < 1.29 is 13.2 Å². The van der Waals surface area contributed by atoms with Crippen LogP contribution in [0.15, 0.2) is 17.5 Å². The van der Waals surface area contributed by atoms with E-state index in [1.165, 1.54) is 4.88 Å². The van der Waals surface area contributed by atoms with E-state index < -0.39 is 12.7 Å². The van der Waals surface area contributed by atoms with E-state index in [-0.39, 0.29) is 6.04 Å². The number of likely N-dealkylation sites (N-methyl/N-ethyl adjacent to an activating group) is 1. The van der Waals surface area contributed by atoms with Gasteiger partial charge in [-0.1, -0.05) is 13.0 Å². The maximum Gasteiger partial charge on any atom is 0.401 e. The van der Waals surface area contributed by atoms with Crippen LogP contribution in [0, 0.1) is 0 Å². The van der Waals surface area contributed by atoms with Crippen LogP contribution in [-0.4, -0.2) is 36.8 Å². The summed E-state index contributed by atoms with van der Waals surface area (Å²) in [4.78, 5) is 3.40. The molecule has 0 radical (unpaired) electrons. The molecule has 1 heterocycles. The van der Waals surface area contributed by atoms with Gasteiger partial charge in [-0.05, 0) is 24.9 Å². The lowest BCUT2D eigenvalue weighted by Crippen LogP contribution is -2.42. The van der Waals surface area contributed by atoms with Gasteiger partial charge in [-0.15, -0.1) is 11.3 Å². The fraction of sp³-hybridized carbons (Fsp3) is 0.667. The summed E-state index contributed by atoms with van der Waals surface area (Å²) in [7, 11) is 0. The highest BCUT2D eigenvalue weighted by molar-refractivity contribution is 7.09. The molecule has 6 heteroatoms. The summed E-state index contributed by atoms with van der Waals surface area (Å²) in [6.45, 7) is 5.01. The Bertz CT molecular complexity index is 325. The van der Waals surface area contributed by atoms with E-state index in [4.69, 9.17) is 0 Å². The van der Waals surface area contributed by atoms with Crippen LogP contribution in [0.5, 0.6) is 0 Å². The second-order valence-corrected chi connectivity index (χ2v) is 5.27. The lowest BCUT2D eigenvalue weighted by molar-refractivity contribution is -0.125. The molecule has 0 saturated heterocycles. The lowest BCUT2D eigenvalue weighted by atomic mass is 10.2. The van der Waals surface area contributed by atoms with E-state index in [9.17, 15) is 13.2 Å². The smallest absolute Gasteiger partial charge is 0.307 e. The number of hydrogen-bond donors (Lipinski definition) is 1. The van der Waals surface area contributed by atoms with Crippen molar-refractivity contribution >= 4 is 11.3 Å². The molecule has 1 rings (SSSR count). The maximum absolute atomic E-state index is 12.0. The van der Waals surface area contributed by atoms with Gasteiger partial charge in [0.05, 0.1) is 6.54 Å². The molecule has 0 aromatic carbocycles. The van der Waals surface area contributed by atoms with E-state index in [0.717, 1.165) is 13.1 Å². The molecule has 0 aliphatic carbocycles. The Labute approximate surface area is 110 Å². The molecule has 1 N–H and O–H groups in total. The van der Waals surface area contributed by atoms with Crippen molar-refractivity contribution in [2.75, 3.05) is 19.6 Å². The predicted octanol–water partition coefficient (Wildman–Crippen LogP) is 3.11. The third-order valence-corrected chi connectivity index (χ3v) is 3.59. The first-order valence-electron chi connectivity index (χ1n) is 5.96. The minimum atomic E-state index is -4.13. The van der Waals surface area contributed by atoms with Gasteiger partial charge >= 0.3 is 6.18 Å². The third-order valence-electron chi connectivity index (χ3n) is 2.73. The summed E-state index contributed by atoms with van der Waals surface area (Å²) in [6, 6.07) is 4.11. The fourth-order valence-electron chi connectivity index (χ4n) is 1.73. The Kier molecular flexibility index (Phi) is 6.11. The van der Waals surface area contributed by atoms with E-state index in [0.29, 0.717) is 6.54 Å². The van der Waals surface area contributed by atoms with Crippen LogP contribution >= 0.6 is 11.3 Å². The molecule has 1 atom stereocenters. The molecule has 0 aliphatic rings. The van der Waals surface area contributed by atoms with Gasteiger partial charge in [0.15, 0.2) is 0 Å². The Hall–Kier alpha value is -0.590. The second-order valence-electron chi connectivity index (χ2n) is 4.24. The summed E-state index contributed by atoms with van der Waals surface area (Å²) < 4.78 is 36.1. The van der Waals surface area contributed by atoms with Gasteiger partial charge in [0, 0.05) is 24.0 Å². The molecule has 0 spiro atoms. The van der Waals surface area contributed by atoms with Crippen LogP contribution in [0.2, 0.25) is 0 Å².